The molecule has 108 valence electrons. The first-order valence-electron chi connectivity index (χ1n) is 7.45. The van der Waals surface area contributed by atoms with Crippen LogP contribution in [0.4, 0.5) is 22.9 Å². The molecule has 0 unspecified atom stereocenters. The second kappa shape index (κ2) is 5.19. The maximum atomic E-state index is 4.61. The lowest BCUT2D eigenvalue weighted by molar-refractivity contribution is 0.977. The number of anilines is 4. The van der Waals surface area contributed by atoms with E-state index in [1.807, 2.05) is 18.3 Å². The monoisotopic (exact) mass is 287 g/mol. The predicted octanol–water partition coefficient (Wildman–Crippen LogP) is 4.64. The molecule has 3 nitrogen and oxygen atoms in total. The molecule has 1 aliphatic rings. The Morgan fingerprint density at radius 2 is 1.50 bits per heavy atom. The van der Waals surface area contributed by atoms with Gasteiger partial charge in [0.2, 0.25) is 0 Å². The van der Waals surface area contributed by atoms with Crippen molar-refractivity contribution in [2.24, 2.45) is 0 Å². The van der Waals surface area contributed by atoms with Gasteiger partial charge < -0.3 is 9.80 Å². The number of pyridine rings is 1. The van der Waals surface area contributed by atoms with Gasteiger partial charge in [0.1, 0.15) is 6.67 Å². The summed E-state index contributed by atoms with van der Waals surface area (Å²) < 4.78 is 0. The Labute approximate surface area is 130 Å². The molecule has 0 saturated carbocycles. The average Bonchev–Trinajstić information content (AvgIpc) is 2.96. The molecular weight excluding hydrogens is 270 g/mol. The van der Waals surface area contributed by atoms with E-state index in [0.717, 1.165) is 18.2 Å². The summed E-state index contributed by atoms with van der Waals surface area (Å²) in [7, 11) is 0. The first-order valence-corrected chi connectivity index (χ1v) is 7.45. The SMILES string of the molecule is Cc1ccccc1N1CN(c2ccccc2)c2ncccc21. The van der Waals surface area contributed by atoms with Crippen molar-refractivity contribution in [2.75, 3.05) is 16.5 Å². The summed E-state index contributed by atoms with van der Waals surface area (Å²) in [6.45, 7) is 2.93. The maximum Gasteiger partial charge on any atom is 0.158 e. The van der Waals surface area contributed by atoms with Crippen molar-refractivity contribution in [3.05, 3.63) is 78.5 Å². The summed E-state index contributed by atoms with van der Waals surface area (Å²) in [5.41, 5.74) is 4.82. The molecule has 0 fully saturated rings. The zero-order valence-electron chi connectivity index (χ0n) is 12.5. The molecule has 4 rings (SSSR count). The van der Waals surface area contributed by atoms with Crippen LogP contribution in [0.1, 0.15) is 5.56 Å². The number of benzene rings is 2. The quantitative estimate of drug-likeness (QED) is 0.684. The van der Waals surface area contributed by atoms with Gasteiger partial charge in [-0.25, -0.2) is 4.98 Å². The highest BCUT2D eigenvalue weighted by Crippen LogP contribution is 2.43. The van der Waals surface area contributed by atoms with Crippen LogP contribution in [0.15, 0.2) is 72.9 Å². The van der Waals surface area contributed by atoms with Gasteiger partial charge in [0.15, 0.2) is 5.82 Å². The number of para-hydroxylation sites is 2. The van der Waals surface area contributed by atoms with Gasteiger partial charge in [-0.05, 0) is 42.8 Å². The van der Waals surface area contributed by atoms with Crippen LogP contribution in [0, 0.1) is 6.92 Å². The van der Waals surface area contributed by atoms with Crippen LogP contribution in [0.3, 0.4) is 0 Å². The Bertz CT molecular complexity index is 799. The predicted molar refractivity (Wildman–Crippen MR) is 91.0 cm³/mol. The van der Waals surface area contributed by atoms with Gasteiger partial charge in [-0.3, -0.25) is 0 Å². The molecule has 0 saturated heterocycles. The number of hydrogen-bond donors (Lipinski definition) is 0. The zero-order valence-corrected chi connectivity index (χ0v) is 12.5. The summed E-state index contributed by atoms with van der Waals surface area (Å²) in [6.07, 6.45) is 1.86. The van der Waals surface area contributed by atoms with E-state index in [1.165, 1.54) is 16.9 Å². The number of aromatic nitrogens is 1. The van der Waals surface area contributed by atoms with Gasteiger partial charge in [0.25, 0.3) is 0 Å². The van der Waals surface area contributed by atoms with Crippen molar-refractivity contribution in [2.45, 2.75) is 6.92 Å². The van der Waals surface area contributed by atoms with Crippen molar-refractivity contribution in [3.63, 3.8) is 0 Å². The lowest BCUT2D eigenvalue weighted by Crippen LogP contribution is -2.24. The number of nitrogens with zero attached hydrogens (tertiary/aromatic N) is 3. The second-order valence-corrected chi connectivity index (χ2v) is 5.47. The molecule has 0 spiro atoms. The van der Waals surface area contributed by atoms with Gasteiger partial charge in [-0.2, -0.15) is 0 Å². The van der Waals surface area contributed by atoms with Gasteiger partial charge in [0, 0.05) is 17.6 Å². The van der Waals surface area contributed by atoms with Crippen molar-refractivity contribution < 1.29 is 0 Å². The standard InChI is InChI=1S/C19H17N3/c1-15-8-5-6-11-17(15)22-14-21(16-9-3-2-4-10-16)19-18(22)12-7-13-20-19/h2-13H,14H2,1H3. The van der Waals surface area contributed by atoms with Crippen LogP contribution in [-0.2, 0) is 0 Å². The van der Waals surface area contributed by atoms with Crippen LogP contribution in [0.25, 0.3) is 0 Å². The van der Waals surface area contributed by atoms with Crippen LogP contribution < -0.4 is 9.80 Å². The number of hydrogen-bond acceptors (Lipinski definition) is 3. The van der Waals surface area contributed by atoms with Crippen molar-refractivity contribution >= 4 is 22.9 Å². The number of aryl methyl sites for hydroxylation is 1. The number of fused-ring (bicyclic) bond motifs is 1. The Balaban J connectivity index is 1.83. The molecule has 22 heavy (non-hydrogen) atoms. The normalized spacial score (nSPS) is 13.3. The Kier molecular flexibility index (Phi) is 3.04. The fraction of sp³-hybridized carbons (Fsp3) is 0.105. The molecule has 2 aromatic carbocycles. The van der Waals surface area contributed by atoms with Crippen molar-refractivity contribution in [1.29, 1.82) is 0 Å². The fourth-order valence-electron chi connectivity index (χ4n) is 2.98. The molecule has 2 heterocycles. The van der Waals surface area contributed by atoms with E-state index >= 15 is 0 Å². The summed E-state index contributed by atoms with van der Waals surface area (Å²) in [5, 5.41) is 0. The first kappa shape index (κ1) is 12.9. The lowest BCUT2D eigenvalue weighted by Gasteiger charge is -2.22. The molecule has 0 radical (unpaired) electrons. The Morgan fingerprint density at radius 3 is 2.32 bits per heavy atom. The Hall–Kier alpha value is -2.81. The van der Waals surface area contributed by atoms with Gasteiger partial charge in [-0.15, -0.1) is 0 Å². The zero-order chi connectivity index (χ0) is 14.9. The molecule has 0 bridgehead atoms. The minimum absolute atomic E-state index is 0.779. The fourth-order valence-corrected chi connectivity index (χ4v) is 2.98. The van der Waals surface area contributed by atoms with Crippen LogP contribution in [-0.4, -0.2) is 11.7 Å². The summed E-state index contributed by atoms with van der Waals surface area (Å²) in [4.78, 5) is 9.18. The molecular formula is C19H17N3. The second-order valence-electron chi connectivity index (χ2n) is 5.47. The molecule has 1 aliphatic heterocycles. The average molecular weight is 287 g/mol. The highest BCUT2D eigenvalue weighted by molar-refractivity contribution is 5.84. The number of rotatable bonds is 2. The van der Waals surface area contributed by atoms with Crippen LogP contribution >= 0.6 is 0 Å². The van der Waals surface area contributed by atoms with E-state index in [4.69, 9.17) is 0 Å². The summed E-state index contributed by atoms with van der Waals surface area (Å²) in [5.74, 6) is 1.01. The molecule has 0 N–H and O–H groups in total. The van der Waals surface area contributed by atoms with Gasteiger partial charge in [-0.1, -0.05) is 36.4 Å². The highest BCUT2D eigenvalue weighted by atomic mass is 15.4. The molecule has 0 amide bonds. The minimum atomic E-state index is 0.779. The molecule has 3 aromatic rings. The minimum Gasteiger partial charge on any atom is -0.319 e. The third-order valence-electron chi connectivity index (χ3n) is 4.07. The molecule has 0 aliphatic carbocycles. The van der Waals surface area contributed by atoms with E-state index in [1.54, 1.807) is 0 Å². The van der Waals surface area contributed by atoms with Crippen LogP contribution in [0.5, 0.6) is 0 Å². The maximum absolute atomic E-state index is 4.61. The van der Waals surface area contributed by atoms with Gasteiger partial charge in [0.05, 0.1) is 5.69 Å². The summed E-state index contributed by atoms with van der Waals surface area (Å²) in [6, 6.07) is 23.0. The van der Waals surface area contributed by atoms with Crippen molar-refractivity contribution in [3.8, 4) is 0 Å². The van der Waals surface area contributed by atoms with Gasteiger partial charge >= 0.3 is 0 Å². The van der Waals surface area contributed by atoms with E-state index in [9.17, 15) is 0 Å². The lowest BCUT2D eigenvalue weighted by atomic mass is 10.2. The van der Waals surface area contributed by atoms with Crippen LogP contribution in [0.2, 0.25) is 0 Å². The smallest absolute Gasteiger partial charge is 0.158 e. The molecule has 0 atom stereocenters. The molecule has 1 aromatic heterocycles. The third kappa shape index (κ3) is 2.02. The first-order chi connectivity index (χ1) is 10.8. The van der Waals surface area contributed by atoms with E-state index in [0.29, 0.717) is 0 Å². The summed E-state index contributed by atoms with van der Waals surface area (Å²) >= 11 is 0. The Morgan fingerprint density at radius 1 is 0.773 bits per heavy atom. The van der Waals surface area contributed by atoms with E-state index < -0.39 is 0 Å². The molecule has 3 heteroatoms. The van der Waals surface area contributed by atoms with E-state index in [-0.39, 0.29) is 0 Å². The largest absolute Gasteiger partial charge is 0.319 e. The van der Waals surface area contributed by atoms with E-state index in [2.05, 4.69) is 76.3 Å². The highest BCUT2D eigenvalue weighted by Gasteiger charge is 2.29. The van der Waals surface area contributed by atoms with Crippen molar-refractivity contribution in [1.82, 2.24) is 4.98 Å². The topological polar surface area (TPSA) is 19.4 Å². The third-order valence-corrected chi connectivity index (χ3v) is 4.07.